The predicted molar refractivity (Wildman–Crippen MR) is 87.7 cm³/mol. The van der Waals surface area contributed by atoms with Crippen molar-refractivity contribution >= 4 is 17.3 Å². The van der Waals surface area contributed by atoms with Gasteiger partial charge in [-0.3, -0.25) is 4.99 Å². The average molecular weight is 297 g/mol. The van der Waals surface area contributed by atoms with Crippen LogP contribution in [0.1, 0.15) is 25.1 Å². The highest BCUT2D eigenvalue weighted by molar-refractivity contribution is 7.09. The summed E-state index contributed by atoms with van der Waals surface area (Å²) in [5, 5.41) is 5.47. The van der Waals surface area contributed by atoms with Crippen LogP contribution in [0.3, 0.4) is 0 Å². The fourth-order valence-electron chi connectivity index (χ4n) is 1.80. The molecule has 0 fully saturated rings. The van der Waals surface area contributed by atoms with Gasteiger partial charge in [-0.05, 0) is 38.1 Å². The van der Waals surface area contributed by atoms with Gasteiger partial charge in [-0.2, -0.15) is 0 Å². The zero-order chi connectivity index (χ0) is 14.6. The average Bonchev–Trinajstić information content (AvgIpc) is 2.96. The van der Waals surface area contributed by atoms with Crippen LogP contribution in [0.4, 0.5) is 0 Å². The molecule has 0 saturated carbocycles. The third kappa shape index (κ3) is 6.91. The van der Waals surface area contributed by atoms with Gasteiger partial charge in [0.05, 0.1) is 0 Å². The normalized spacial score (nSPS) is 11.7. The summed E-state index contributed by atoms with van der Waals surface area (Å²) >= 11 is 1.81. The van der Waals surface area contributed by atoms with Gasteiger partial charge >= 0.3 is 0 Å². The number of rotatable bonds is 9. The molecule has 114 valence electrons. The molecular weight excluding hydrogens is 270 g/mol. The number of hydrogen-bond acceptors (Lipinski definition) is 3. The molecule has 1 aromatic heterocycles. The van der Waals surface area contributed by atoms with Crippen molar-refractivity contribution in [2.24, 2.45) is 4.99 Å². The van der Waals surface area contributed by atoms with Crippen molar-refractivity contribution < 1.29 is 4.74 Å². The summed E-state index contributed by atoms with van der Waals surface area (Å²) in [5.41, 5.74) is 0. The highest BCUT2D eigenvalue weighted by Crippen LogP contribution is 2.09. The maximum Gasteiger partial charge on any atom is 0.193 e. The summed E-state index contributed by atoms with van der Waals surface area (Å²) in [7, 11) is 2.09. The monoisotopic (exact) mass is 297 g/mol. The van der Waals surface area contributed by atoms with Crippen LogP contribution in [0.15, 0.2) is 22.5 Å². The summed E-state index contributed by atoms with van der Waals surface area (Å²) in [6, 6.07) is 4.29. The lowest BCUT2D eigenvalue weighted by Gasteiger charge is -2.21. The highest BCUT2D eigenvalue weighted by atomic mass is 32.1. The lowest BCUT2D eigenvalue weighted by Crippen LogP contribution is -2.40. The van der Waals surface area contributed by atoms with Crippen LogP contribution in [0, 0.1) is 0 Å². The largest absolute Gasteiger partial charge is 0.382 e. The first-order chi connectivity index (χ1) is 9.77. The van der Waals surface area contributed by atoms with Gasteiger partial charge < -0.3 is 15.0 Å². The molecule has 0 unspecified atom stereocenters. The van der Waals surface area contributed by atoms with Crippen LogP contribution in [-0.4, -0.2) is 50.8 Å². The second-order valence-electron chi connectivity index (χ2n) is 4.54. The maximum atomic E-state index is 5.33. The Morgan fingerprint density at radius 3 is 2.95 bits per heavy atom. The van der Waals surface area contributed by atoms with E-state index >= 15 is 0 Å². The van der Waals surface area contributed by atoms with E-state index in [1.165, 1.54) is 4.88 Å². The van der Waals surface area contributed by atoms with Gasteiger partial charge in [-0.1, -0.05) is 6.07 Å². The van der Waals surface area contributed by atoms with E-state index in [0.717, 1.165) is 51.6 Å². The van der Waals surface area contributed by atoms with Crippen LogP contribution in [0.25, 0.3) is 0 Å². The molecular formula is C15H27N3OS. The fraction of sp³-hybridized carbons (Fsp3) is 0.667. The van der Waals surface area contributed by atoms with Gasteiger partial charge in [0.15, 0.2) is 5.96 Å². The van der Waals surface area contributed by atoms with Crippen molar-refractivity contribution in [1.29, 1.82) is 0 Å². The van der Waals surface area contributed by atoms with Crippen LogP contribution >= 0.6 is 11.3 Å². The summed E-state index contributed by atoms with van der Waals surface area (Å²) in [6.45, 7) is 8.38. The molecule has 0 atom stereocenters. The molecule has 0 bridgehead atoms. The number of nitrogens with zero attached hydrogens (tertiary/aromatic N) is 2. The Hall–Kier alpha value is -1.07. The molecule has 4 nitrogen and oxygen atoms in total. The third-order valence-electron chi connectivity index (χ3n) is 2.88. The van der Waals surface area contributed by atoms with Crippen molar-refractivity contribution in [2.45, 2.75) is 26.7 Å². The topological polar surface area (TPSA) is 36.9 Å². The molecule has 20 heavy (non-hydrogen) atoms. The first-order valence-electron chi connectivity index (χ1n) is 7.37. The quantitative estimate of drug-likeness (QED) is 0.432. The van der Waals surface area contributed by atoms with E-state index < -0.39 is 0 Å². The Morgan fingerprint density at radius 1 is 1.45 bits per heavy atom. The molecule has 0 aliphatic heterocycles. The van der Waals surface area contributed by atoms with Gasteiger partial charge in [-0.25, -0.2) is 0 Å². The van der Waals surface area contributed by atoms with Gasteiger partial charge in [0.25, 0.3) is 0 Å². The van der Waals surface area contributed by atoms with Crippen molar-refractivity contribution in [3.8, 4) is 0 Å². The van der Waals surface area contributed by atoms with E-state index in [-0.39, 0.29) is 0 Å². The number of guanidine groups is 1. The molecule has 0 amide bonds. The number of likely N-dealkylation sites (N-methyl/N-ethyl adjacent to an activating group) is 1. The Balaban J connectivity index is 2.36. The highest BCUT2D eigenvalue weighted by Gasteiger charge is 2.05. The summed E-state index contributed by atoms with van der Waals surface area (Å²) < 4.78 is 5.33. The van der Waals surface area contributed by atoms with E-state index in [2.05, 4.69) is 46.7 Å². The third-order valence-corrected chi connectivity index (χ3v) is 3.82. The molecule has 0 radical (unpaired) electrons. The SMILES string of the molecule is CCNC(=NCCCOCC)N(C)CCc1cccs1. The van der Waals surface area contributed by atoms with Gasteiger partial charge in [0.2, 0.25) is 0 Å². The first-order valence-corrected chi connectivity index (χ1v) is 8.25. The number of thiophene rings is 1. The smallest absolute Gasteiger partial charge is 0.193 e. The van der Waals surface area contributed by atoms with Crippen molar-refractivity contribution in [3.05, 3.63) is 22.4 Å². The lowest BCUT2D eigenvalue weighted by atomic mass is 10.3. The second-order valence-corrected chi connectivity index (χ2v) is 5.57. The minimum absolute atomic E-state index is 0.782. The summed E-state index contributed by atoms with van der Waals surface area (Å²) in [6.07, 6.45) is 2.04. The number of hydrogen-bond donors (Lipinski definition) is 1. The minimum atomic E-state index is 0.782. The Morgan fingerprint density at radius 2 is 2.30 bits per heavy atom. The van der Waals surface area contributed by atoms with E-state index in [1.807, 2.05) is 18.3 Å². The lowest BCUT2D eigenvalue weighted by molar-refractivity contribution is 0.146. The number of aliphatic imine (C=N–C) groups is 1. The summed E-state index contributed by atoms with van der Waals surface area (Å²) in [4.78, 5) is 8.26. The Kier molecular flexibility index (Phi) is 9.07. The maximum absolute atomic E-state index is 5.33. The van der Waals surface area contributed by atoms with Gasteiger partial charge in [0, 0.05) is 44.8 Å². The van der Waals surface area contributed by atoms with E-state index in [4.69, 9.17) is 4.74 Å². The molecule has 0 saturated heterocycles. The molecule has 5 heteroatoms. The molecule has 1 N–H and O–H groups in total. The molecule has 0 aliphatic rings. The van der Waals surface area contributed by atoms with Crippen molar-refractivity contribution in [3.63, 3.8) is 0 Å². The zero-order valence-corrected chi connectivity index (χ0v) is 13.7. The fourth-order valence-corrected chi connectivity index (χ4v) is 2.50. The molecule has 0 spiro atoms. The molecule has 0 aliphatic carbocycles. The van der Waals surface area contributed by atoms with Gasteiger partial charge in [-0.15, -0.1) is 11.3 Å². The van der Waals surface area contributed by atoms with E-state index in [0.29, 0.717) is 0 Å². The van der Waals surface area contributed by atoms with Crippen LogP contribution < -0.4 is 5.32 Å². The van der Waals surface area contributed by atoms with Crippen LogP contribution in [-0.2, 0) is 11.2 Å². The van der Waals surface area contributed by atoms with E-state index in [9.17, 15) is 0 Å². The first kappa shape index (κ1) is 17.0. The molecule has 1 rings (SSSR count). The standard InChI is InChI=1S/C15H27N3OS/c1-4-16-15(17-10-7-12-19-5-2)18(3)11-9-14-8-6-13-20-14/h6,8,13H,4-5,7,9-12H2,1-3H3,(H,16,17). The zero-order valence-electron chi connectivity index (χ0n) is 12.9. The predicted octanol–water partition coefficient (Wildman–Crippen LogP) is 2.61. The summed E-state index contributed by atoms with van der Waals surface area (Å²) in [5.74, 6) is 0.987. The second kappa shape index (κ2) is 10.7. The van der Waals surface area contributed by atoms with Crippen LogP contribution in [0.2, 0.25) is 0 Å². The molecule has 1 heterocycles. The van der Waals surface area contributed by atoms with Crippen LogP contribution in [0.5, 0.6) is 0 Å². The van der Waals surface area contributed by atoms with Crippen molar-refractivity contribution in [1.82, 2.24) is 10.2 Å². The van der Waals surface area contributed by atoms with E-state index in [1.54, 1.807) is 0 Å². The number of ether oxygens (including phenoxy) is 1. The molecule has 1 aromatic rings. The Bertz CT molecular complexity index is 365. The molecule has 0 aromatic carbocycles. The number of nitrogens with one attached hydrogen (secondary N) is 1. The minimum Gasteiger partial charge on any atom is -0.382 e. The Labute approximate surface area is 126 Å². The van der Waals surface area contributed by atoms with Gasteiger partial charge in [0.1, 0.15) is 0 Å². The van der Waals surface area contributed by atoms with Crippen molar-refractivity contribution in [2.75, 3.05) is 39.9 Å².